The van der Waals surface area contributed by atoms with E-state index in [9.17, 15) is 23.1 Å². The summed E-state index contributed by atoms with van der Waals surface area (Å²) in [5.41, 5.74) is 0. The lowest BCUT2D eigenvalue weighted by atomic mass is 9.82. The maximum atomic E-state index is 12.3. The van der Waals surface area contributed by atoms with Gasteiger partial charge in [0.2, 0.25) is 5.91 Å². The standard InChI is InChI=1S/C14H19NO5S/c16-13(15-6-8-3-4-21(19,20)7-8)11-9-1-2-10(5-9)12(11)14(17)18/h1-2,8-12H,3-7H2,(H,15,16)(H,17,18). The van der Waals surface area contributed by atoms with Gasteiger partial charge >= 0.3 is 5.97 Å². The summed E-state index contributed by atoms with van der Waals surface area (Å²) < 4.78 is 22.8. The van der Waals surface area contributed by atoms with Gasteiger partial charge in [0.25, 0.3) is 0 Å². The van der Waals surface area contributed by atoms with Crippen LogP contribution < -0.4 is 5.32 Å². The van der Waals surface area contributed by atoms with Crippen LogP contribution in [0.5, 0.6) is 0 Å². The lowest BCUT2D eigenvalue weighted by molar-refractivity contribution is -0.147. The van der Waals surface area contributed by atoms with Crippen LogP contribution in [0.25, 0.3) is 0 Å². The van der Waals surface area contributed by atoms with E-state index in [0.717, 1.165) is 6.42 Å². The smallest absolute Gasteiger partial charge is 0.307 e. The highest BCUT2D eigenvalue weighted by Gasteiger charge is 2.51. The number of nitrogens with one attached hydrogen (secondary N) is 1. The monoisotopic (exact) mass is 313 g/mol. The van der Waals surface area contributed by atoms with Gasteiger partial charge in [-0.05, 0) is 30.6 Å². The zero-order chi connectivity index (χ0) is 15.2. The molecule has 0 spiro atoms. The molecule has 1 aliphatic heterocycles. The number of fused-ring (bicyclic) bond motifs is 2. The summed E-state index contributed by atoms with van der Waals surface area (Å²) in [7, 11) is -2.95. The third-order valence-corrected chi connectivity index (χ3v) is 6.78. The Hall–Kier alpha value is -1.37. The number of carbonyl (C=O) groups excluding carboxylic acids is 1. The zero-order valence-electron chi connectivity index (χ0n) is 11.6. The average Bonchev–Trinajstić information content (AvgIpc) is 3.08. The normalized spacial score (nSPS) is 39.5. The molecule has 3 rings (SSSR count). The fourth-order valence-corrected chi connectivity index (χ4v) is 5.77. The Morgan fingerprint density at radius 2 is 1.86 bits per heavy atom. The SMILES string of the molecule is O=C(O)C1C2C=CC(C2)C1C(=O)NCC1CCS(=O)(=O)C1. The van der Waals surface area contributed by atoms with E-state index in [4.69, 9.17) is 0 Å². The molecular weight excluding hydrogens is 294 g/mol. The van der Waals surface area contributed by atoms with Crippen molar-refractivity contribution in [3.63, 3.8) is 0 Å². The van der Waals surface area contributed by atoms with Crippen LogP contribution in [-0.4, -0.2) is 43.5 Å². The zero-order valence-corrected chi connectivity index (χ0v) is 12.4. The van der Waals surface area contributed by atoms with Crippen LogP contribution in [0.1, 0.15) is 12.8 Å². The molecule has 2 fully saturated rings. The molecule has 2 bridgehead atoms. The van der Waals surface area contributed by atoms with Crippen molar-refractivity contribution < 1.29 is 23.1 Å². The van der Waals surface area contributed by atoms with E-state index in [1.165, 1.54) is 0 Å². The molecule has 21 heavy (non-hydrogen) atoms. The first kappa shape index (κ1) is 14.6. The quantitative estimate of drug-likeness (QED) is 0.715. The Kier molecular flexibility index (Phi) is 3.55. The predicted octanol–water partition coefficient (Wildman–Crippen LogP) is 0.0602. The van der Waals surface area contributed by atoms with Crippen molar-refractivity contribution in [3.05, 3.63) is 12.2 Å². The number of allylic oxidation sites excluding steroid dienone is 2. The summed E-state index contributed by atoms with van der Waals surface area (Å²) >= 11 is 0. The highest BCUT2D eigenvalue weighted by atomic mass is 32.2. The third-order valence-electron chi connectivity index (χ3n) is 4.94. The fraction of sp³-hybridized carbons (Fsp3) is 0.714. The number of carboxylic acid groups (broad SMARTS) is 1. The van der Waals surface area contributed by atoms with Crippen LogP contribution in [-0.2, 0) is 19.4 Å². The maximum absolute atomic E-state index is 12.3. The number of carbonyl (C=O) groups is 2. The number of hydrogen-bond acceptors (Lipinski definition) is 4. The molecule has 0 radical (unpaired) electrons. The summed E-state index contributed by atoms with van der Waals surface area (Å²) in [6.45, 7) is 0.321. The van der Waals surface area contributed by atoms with E-state index in [2.05, 4.69) is 5.32 Å². The van der Waals surface area contributed by atoms with Crippen LogP contribution in [0.4, 0.5) is 0 Å². The topological polar surface area (TPSA) is 101 Å². The molecule has 1 heterocycles. The molecule has 3 aliphatic rings. The van der Waals surface area contributed by atoms with E-state index >= 15 is 0 Å². The van der Waals surface area contributed by atoms with Gasteiger partial charge in [0.1, 0.15) is 0 Å². The van der Waals surface area contributed by atoms with Crippen molar-refractivity contribution in [2.45, 2.75) is 12.8 Å². The van der Waals surface area contributed by atoms with Gasteiger partial charge in [-0.2, -0.15) is 0 Å². The van der Waals surface area contributed by atoms with E-state index < -0.39 is 27.6 Å². The maximum Gasteiger partial charge on any atom is 0.307 e. The summed E-state index contributed by atoms with van der Waals surface area (Å²) in [6.07, 6.45) is 5.14. The highest BCUT2D eigenvalue weighted by Crippen LogP contribution is 2.48. The van der Waals surface area contributed by atoms with Gasteiger partial charge in [-0.1, -0.05) is 12.2 Å². The first-order chi connectivity index (χ1) is 9.87. The third kappa shape index (κ3) is 2.71. The number of carboxylic acids is 1. The van der Waals surface area contributed by atoms with Crippen molar-refractivity contribution in [1.82, 2.24) is 5.32 Å². The van der Waals surface area contributed by atoms with Gasteiger partial charge in [0.15, 0.2) is 9.84 Å². The van der Waals surface area contributed by atoms with E-state index in [0.29, 0.717) is 13.0 Å². The van der Waals surface area contributed by atoms with Gasteiger partial charge in [-0.25, -0.2) is 8.42 Å². The van der Waals surface area contributed by atoms with Gasteiger partial charge in [0, 0.05) is 6.54 Å². The Morgan fingerprint density at radius 1 is 1.19 bits per heavy atom. The van der Waals surface area contributed by atoms with Gasteiger partial charge in [-0.3, -0.25) is 9.59 Å². The fourth-order valence-electron chi connectivity index (χ4n) is 3.91. The van der Waals surface area contributed by atoms with Gasteiger partial charge in [-0.15, -0.1) is 0 Å². The largest absolute Gasteiger partial charge is 0.481 e. The van der Waals surface area contributed by atoms with Crippen LogP contribution >= 0.6 is 0 Å². The number of hydrogen-bond donors (Lipinski definition) is 2. The Labute approximate surface area is 123 Å². The second kappa shape index (κ2) is 5.12. The molecule has 1 saturated heterocycles. The number of aliphatic carboxylic acids is 1. The molecule has 2 N–H and O–H groups in total. The molecule has 116 valence electrons. The highest BCUT2D eigenvalue weighted by molar-refractivity contribution is 7.91. The molecule has 5 unspecified atom stereocenters. The minimum absolute atomic E-state index is 0.00316. The minimum Gasteiger partial charge on any atom is -0.481 e. The molecule has 1 saturated carbocycles. The van der Waals surface area contributed by atoms with Crippen LogP contribution in [0.2, 0.25) is 0 Å². The van der Waals surface area contributed by atoms with Gasteiger partial charge in [0.05, 0.1) is 23.3 Å². The second-order valence-electron chi connectivity index (χ2n) is 6.35. The molecular formula is C14H19NO5S. The number of rotatable bonds is 4. The van der Waals surface area contributed by atoms with Crippen molar-refractivity contribution >= 4 is 21.7 Å². The summed E-state index contributed by atoms with van der Waals surface area (Å²) in [5.74, 6) is -2.12. The minimum atomic E-state index is -2.95. The predicted molar refractivity (Wildman–Crippen MR) is 75.1 cm³/mol. The molecule has 6 nitrogen and oxygen atoms in total. The van der Waals surface area contributed by atoms with Crippen molar-refractivity contribution in [1.29, 1.82) is 0 Å². The molecule has 2 aliphatic carbocycles. The van der Waals surface area contributed by atoms with Crippen molar-refractivity contribution in [3.8, 4) is 0 Å². The molecule has 0 aromatic rings. The van der Waals surface area contributed by atoms with E-state index in [-0.39, 0.29) is 35.2 Å². The van der Waals surface area contributed by atoms with Crippen LogP contribution in [0, 0.1) is 29.6 Å². The first-order valence-corrected chi connectivity index (χ1v) is 9.09. The molecule has 7 heteroatoms. The summed E-state index contributed by atoms with van der Waals surface area (Å²) in [5, 5.41) is 12.1. The Morgan fingerprint density at radius 3 is 2.43 bits per heavy atom. The number of sulfone groups is 1. The Balaban J connectivity index is 1.61. The van der Waals surface area contributed by atoms with Crippen LogP contribution in [0.15, 0.2) is 12.2 Å². The summed E-state index contributed by atoms with van der Waals surface area (Å²) in [4.78, 5) is 23.7. The van der Waals surface area contributed by atoms with E-state index in [1.807, 2.05) is 12.2 Å². The van der Waals surface area contributed by atoms with E-state index in [1.54, 1.807) is 0 Å². The second-order valence-corrected chi connectivity index (χ2v) is 8.58. The van der Waals surface area contributed by atoms with Crippen molar-refractivity contribution in [2.75, 3.05) is 18.1 Å². The van der Waals surface area contributed by atoms with Crippen LogP contribution in [0.3, 0.4) is 0 Å². The lowest BCUT2D eigenvalue weighted by Crippen LogP contribution is -2.41. The average molecular weight is 313 g/mol. The van der Waals surface area contributed by atoms with Gasteiger partial charge < -0.3 is 10.4 Å². The number of amides is 1. The summed E-state index contributed by atoms with van der Waals surface area (Å²) in [6, 6.07) is 0. The molecule has 1 amide bonds. The molecule has 0 aromatic heterocycles. The molecule has 0 aromatic carbocycles. The first-order valence-electron chi connectivity index (χ1n) is 7.26. The Bertz CT molecular complexity index is 596. The lowest BCUT2D eigenvalue weighted by Gasteiger charge is -2.24. The van der Waals surface area contributed by atoms with Crippen molar-refractivity contribution in [2.24, 2.45) is 29.6 Å². The molecule has 5 atom stereocenters.